The summed E-state index contributed by atoms with van der Waals surface area (Å²) in [5.74, 6) is 1.22. The molecule has 1 aromatic carbocycles. The van der Waals surface area contributed by atoms with Gasteiger partial charge < -0.3 is 15.4 Å². The number of hydrogen-bond acceptors (Lipinski definition) is 5. The highest BCUT2D eigenvalue weighted by atomic mass is 16.5. The maximum atomic E-state index is 5.67. The summed E-state index contributed by atoms with van der Waals surface area (Å²) in [4.78, 5) is 10.7. The summed E-state index contributed by atoms with van der Waals surface area (Å²) in [5.41, 5.74) is 8.47. The van der Waals surface area contributed by atoms with Gasteiger partial charge in [0.2, 0.25) is 11.8 Å². The Hall–Kier alpha value is -2.30. The van der Waals surface area contributed by atoms with Crippen LogP contribution in [0.1, 0.15) is 11.3 Å². The number of methoxy groups -OCH3 is 1. The van der Waals surface area contributed by atoms with Crippen molar-refractivity contribution in [1.82, 2.24) is 9.97 Å². The van der Waals surface area contributed by atoms with Gasteiger partial charge in [-0.25, -0.2) is 4.98 Å². The lowest BCUT2D eigenvalue weighted by molar-refractivity contribution is 0.396. The Morgan fingerprint density at radius 1 is 1.21 bits per heavy atom. The number of hydrogen-bond donors (Lipinski definition) is 1. The maximum Gasteiger partial charge on any atom is 0.228 e. The molecule has 2 rings (SSSR count). The van der Waals surface area contributed by atoms with Gasteiger partial charge in [-0.05, 0) is 24.6 Å². The van der Waals surface area contributed by atoms with E-state index in [0.29, 0.717) is 18.4 Å². The van der Waals surface area contributed by atoms with E-state index >= 15 is 0 Å². The average Bonchev–Trinajstić information content (AvgIpc) is 2.40. The van der Waals surface area contributed by atoms with Gasteiger partial charge in [-0.1, -0.05) is 12.1 Å². The molecule has 0 aliphatic rings. The molecule has 0 unspecified atom stereocenters. The third-order valence-electron chi connectivity index (χ3n) is 2.77. The monoisotopic (exact) mass is 258 g/mol. The molecule has 1 aromatic heterocycles. The fraction of sp³-hybridized carbons (Fsp3) is 0.286. The minimum atomic E-state index is 0.576. The van der Waals surface area contributed by atoms with Crippen LogP contribution in [0.25, 0.3) is 0 Å². The average molecular weight is 258 g/mol. The number of anilines is 2. The Bertz CT molecular complexity index is 554. The van der Waals surface area contributed by atoms with E-state index in [2.05, 4.69) is 9.97 Å². The topological polar surface area (TPSA) is 64.3 Å². The zero-order chi connectivity index (χ0) is 13.8. The minimum Gasteiger partial charge on any atom is -0.481 e. The number of aryl methyl sites for hydroxylation is 1. The Kier molecular flexibility index (Phi) is 3.85. The summed E-state index contributed by atoms with van der Waals surface area (Å²) in [5, 5.41) is 0. The summed E-state index contributed by atoms with van der Waals surface area (Å²) >= 11 is 0. The van der Waals surface area contributed by atoms with Gasteiger partial charge in [0.1, 0.15) is 0 Å². The number of rotatable bonds is 4. The summed E-state index contributed by atoms with van der Waals surface area (Å²) in [6.45, 7) is 2.64. The third kappa shape index (κ3) is 3.34. The molecule has 0 radical (unpaired) electrons. The lowest BCUT2D eigenvalue weighted by Crippen LogP contribution is -2.19. The van der Waals surface area contributed by atoms with Gasteiger partial charge in [-0.3, -0.25) is 0 Å². The summed E-state index contributed by atoms with van der Waals surface area (Å²) in [6.07, 6.45) is 0. The summed E-state index contributed by atoms with van der Waals surface area (Å²) in [7, 11) is 3.55. The second-order valence-corrected chi connectivity index (χ2v) is 4.45. The molecular formula is C14H18N4O. The van der Waals surface area contributed by atoms with Gasteiger partial charge >= 0.3 is 0 Å². The quantitative estimate of drug-likeness (QED) is 0.850. The molecule has 0 atom stereocenters. The SMILES string of the molecule is COc1cc(C)nc(N(C)Cc2ccc(N)cc2)n1. The van der Waals surface area contributed by atoms with E-state index < -0.39 is 0 Å². The van der Waals surface area contributed by atoms with Gasteiger partial charge in [-0.15, -0.1) is 0 Å². The first kappa shape index (κ1) is 13.1. The molecule has 1 heterocycles. The number of aromatic nitrogens is 2. The molecule has 0 saturated carbocycles. The van der Waals surface area contributed by atoms with Crippen LogP contribution in [0.4, 0.5) is 11.6 Å². The lowest BCUT2D eigenvalue weighted by Gasteiger charge is -2.18. The summed E-state index contributed by atoms with van der Waals surface area (Å²) in [6, 6.07) is 9.58. The molecule has 2 N–H and O–H groups in total. The zero-order valence-corrected chi connectivity index (χ0v) is 11.4. The first-order chi connectivity index (χ1) is 9.08. The van der Waals surface area contributed by atoms with Crippen molar-refractivity contribution in [3.63, 3.8) is 0 Å². The first-order valence-electron chi connectivity index (χ1n) is 6.03. The van der Waals surface area contributed by atoms with E-state index in [1.165, 1.54) is 0 Å². The van der Waals surface area contributed by atoms with Crippen LogP contribution < -0.4 is 15.4 Å². The Morgan fingerprint density at radius 3 is 2.53 bits per heavy atom. The van der Waals surface area contributed by atoms with Crippen LogP contribution in [0.5, 0.6) is 5.88 Å². The molecule has 100 valence electrons. The molecule has 0 aliphatic carbocycles. The van der Waals surface area contributed by atoms with E-state index in [-0.39, 0.29) is 0 Å². The van der Waals surface area contributed by atoms with E-state index in [9.17, 15) is 0 Å². The van der Waals surface area contributed by atoms with Crippen molar-refractivity contribution >= 4 is 11.6 Å². The van der Waals surface area contributed by atoms with Crippen LogP contribution in [0, 0.1) is 6.92 Å². The predicted octanol–water partition coefficient (Wildman–Crippen LogP) is 2.01. The molecule has 2 aromatic rings. The second kappa shape index (κ2) is 5.56. The largest absolute Gasteiger partial charge is 0.481 e. The van der Waals surface area contributed by atoms with Crippen molar-refractivity contribution < 1.29 is 4.74 Å². The van der Waals surface area contributed by atoms with Crippen LogP contribution >= 0.6 is 0 Å². The maximum absolute atomic E-state index is 5.67. The molecular weight excluding hydrogens is 240 g/mol. The molecule has 5 nitrogen and oxygen atoms in total. The van der Waals surface area contributed by atoms with E-state index in [4.69, 9.17) is 10.5 Å². The van der Waals surface area contributed by atoms with Crippen molar-refractivity contribution in [2.45, 2.75) is 13.5 Å². The van der Waals surface area contributed by atoms with Gasteiger partial charge in [0.05, 0.1) is 7.11 Å². The van der Waals surface area contributed by atoms with E-state index in [0.717, 1.165) is 16.9 Å². The number of benzene rings is 1. The standard InChI is InChI=1S/C14H18N4O/c1-10-8-13(19-3)17-14(16-10)18(2)9-11-4-6-12(15)7-5-11/h4-8H,9,15H2,1-3H3. The van der Waals surface area contributed by atoms with Gasteiger partial charge in [0.25, 0.3) is 0 Å². The number of ether oxygens (including phenoxy) is 1. The van der Waals surface area contributed by atoms with Crippen molar-refractivity contribution in [2.24, 2.45) is 0 Å². The van der Waals surface area contributed by atoms with Gasteiger partial charge in [0.15, 0.2) is 0 Å². The highest BCUT2D eigenvalue weighted by molar-refractivity contribution is 5.41. The third-order valence-corrected chi connectivity index (χ3v) is 2.77. The number of nitrogen functional groups attached to an aromatic ring is 1. The second-order valence-electron chi connectivity index (χ2n) is 4.45. The highest BCUT2D eigenvalue weighted by Crippen LogP contribution is 2.16. The van der Waals surface area contributed by atoms with Crippen molar-refractivity contribution in [3.05, 3.63) is 41.6 Å². The van der Waals surface area contributed by atoms with Crippen molar-refractivity contribution in [3.8, 4) is 5.88 Å². The van der Waals surface area contributed by atoms with Crippen molar-refractivity contribution in [2.75, 3.05) is 24.8 Å². The van der Waals surface area contributed by atoms with Gasteiger partial charge in [-0.2, -0.15) is 4.98 Å². The predicted molar refractivity (Wildman–Crippen MR) is 76.3 cm³/mol. The molecule has 0 bridgehead atoms. The Balaban J connectivity index is 2.17. The minimum absolute atomic E-state index is 0.576. The van der Waals surface area contributed by atoms with Crippen LogP contribution in [-0.2, 0) is 6.54 Å². The normalized spacial score (nSPS) is 10.3. The van der Waals surface area contributed by atoms with Crippen LogP contribution in [0.3, 0.4) is 0 Å². The summed E-state index contributed by atoms with van der Waals surface area (Å²) < 4.78 is 5.16. The molecule has 0 amide bonds. The highest BCUT2D eigenvalue weighted by Gasteiger charge is 2.08. The number of nitrogens with zero attached hydrogens (tertiary/aromatic N) is 3. The molecule has 0 saturated heterocycles. The zero-order valence-electron chi connectivity index (χ0n) is 11.4. The lowest BCUT2D eigenvalue weighted by atomic mass is 10.2. The molecule has 19 heavy (non-hydrogen) atoms. The van der Waals surface area contributed by atoms with Crippen LogP contribution in [-0.4, -0.2) is 24.1 Å². The smallest absolute Gasteiger partial charge is 0.228 e. The first-order valence-corrected chi connectivity index (χ1v) is 6.03. The Morgan fingerprint density at radius 2 is 1.89 bits per heavy atom. The fourth-order valence-corrected chi connectivity index (χ4v) is 1.77. The van der Waals surface area contributed by atoms with Crippen LogP contribution in [0.15, 0.2) is 30.3 Å². The fourth-order valence-electron chi connectivity index (χ4n) is 1.77. The molecule has 0 aliphatic heterocycles. The van der Waals surface area contributed by atoms with E-state index in [1.54, 1.807) is 13.2 Å². The Labute approximate surface area is 113 Å². The van der Waals surface area contributed by atoms with E-state index in [1.807, 2.05) is 43.1 Å². The van der Waals surface area contributed by atoms with Crippen molar-refractivity contribution in [1.29, 1.82) is 0 Å². The number of nitrogens with two attached hydrogens (primary N) is 1. The van der Waals surface area contributed by atoms with Gasteiger partial charge in [0, 0.05) is 31.0 Å². The molecule has 0 fully saturated rings. The van der Waals surface area contributed by atoms with Crippen LogP contribution in [0.2, 0.25) is 0 Å². The molecule has 0 spiro atoms. The molecule has 5 heteroatoms.